The average molecular weight is 296 g/mol. The van der Waals surface area contributed by atoms with Gasteiger partial charge in [0, 0.05) is 13.2 Å². The molecular weight excluding hydrogens is 271 g/mol. The monoisotopic (exact) mass is 296 g/mol. The smallest absolute Gasteiger partial charge is 0.338 e. The molecule has 0 saturated heterocycles. The van der Waals surface area contributed by atoms with Crippen molar-refractivity contribution in [2.75, 3.05) is 32.6 Å². The molecule has 0 aliphatic heterocycles. The number of Topliss-reactive ketones (excluding diaryl/α,β-unsaturated/α-hetero) is 1. The quantitative estimate of drug-likeness (QED) is 0.431. The van der Waals surface area contributed by atoms with E-state index in [4.69, 9.17) is 18.5 Å². The molecule has 0 aromatic carbocycles. The van der Waals surface area contributed by atoms with Crippen molar-refractivity contribution in [2.24, 2.45) is 0 Å². The molecule has 0 aromatic heterocycles. The number of carbonyl (C=O) groups excluding carboxylic acids is 1. The van der Waals surface area contributed by atoms with E-state index in [1.165, 1.54) is 6.92 Å². The van der Waals surface area contributed by atoms with Gasteiger partial charge >= 0.3 is 7.60 Å². The number of ketones is 1. The number of hydrogen-bond acceptors (Lipinski definition) is 6. The Kier molecular flexibility index (Phi) is 8.70. The molecule has 0 unspecified atom stereocenters. The molecule has 0 atom stereocenters. The topological polar surface area (TPSA) is 71.1 Å². The molecule has 0 bridgehead atoms. The maximum absolute atomic E-state index is 12.3. The fourth-order valence-corrected chi connectivity index (χ4v) is 3.28. The molecule has 0 aliphatic carbocycles. The summed E-state index contributed by atoms with van der Waals surface area (Å²) >= 11 is 0. The van der Waals surface area contributed by atoms with Crippen molar-refractivity contribution in [3.05, 3.63) is 0 Å². The van der Waals surface area contributed by atoms with E-state index in [0.29, 0.717) is 13.2 Å². The summed E-state index contributed by atoms with van der Waals surface area (Å²) in [6, 6.07) is 0. The Morgan fingerprint density at radius 1 is 0.947 bits per heavy atom. The molecule has 0 aliphatic rings. The lowest BCUT2D eigenvalue weighted by atomic mass is 10.2. The molecule has 0 amide bonds. The first-order valence-corrected chi connectivity index (χ1v) is 8.29. The zero-order valence-corrected chi connectivity index (χ0v) is 13.3. The van der Waals surface area contributed by atoms with Crippen LogP contribution in [0.2, 0.25) is 0 Å². The summed E-state index contributed by atoms with van der Waals surface area (Å²) < 4.78 is 33.1. The molecule has 0 rings (SSSR count). The van der Waals surface area contributed by atoms with Crippen molar-refractivity contribution < 1.29 is 27.9 Å². The average Bonchev–Trinajstić information content (AvgIpc) is 2.29. The molecule has 0 fully saturated rings. The van der Waals surface area contributed by atoms with Gasteiger partial charge < -0.3 is 18.5 Å². The van der Waals surface area contributed by atoms with Crippen LogP contribution in [0.5, 0.6) is 0 Å². The predicted molar refractivity (Wildman–Crippen MR) is 72.4 cm³/mol. The fraction of sp³-hybridized carbons (Fsp3) is 0.917. The molecule has 0 saturated carbocycles. The van der Waals surface area contributed by atoms with Crippen LogP contribution in [0.3, 0.4) is 0 Å². The fourth-order valence-electron chi connectivity index (χ4n) is 1.59. The van der Waals surface area contributed by atoms with Crippen LogP contribution in [0, 0.1) is 0 Å². The molecule has 0 radical (unpaired) electrons. The highest BCUT2D eigenvalue weighted by atomic mass is 31.2. The van der Waals surface area contributed by atoms with E-state index in [2.05, 4.69) is 0 Å². The van der Waals surface area contributed by atoms with E-state index in [0.717, 1.165) is 0 Å². The third-order valence-electron chi connectivity index (χ3n) is 2.33. The summed E-state index contributed by atoms with van der Waals surface area (Å²) in [5.41, 5.74) is 0. The van der Waals surface area contributed by atoms with Gasteiger partial charge in [0.05, 0.1) is 13.2 Å². The zero-order chi connectivity index (χ0) is 14.9. The summed E-state index contributed by atoms with van der Waals surface area (Å²) in [6.07, 6.45) is -0.356. The van der Waals surface area contributed by atoms with Crippen LogP contribution >= 0.6 is 7.60 Å². The van der Waals surface area contributed by atoms with Crippen LogP contribution in [0.15, 0.2) is 0 Å². The number of carbonyl (C=O) groups is 1. The molecule has 0 N–H and O–H groups in total. The maximum Gasteiger partial charge on any atom is 0.338 e. The summed E-state index contributed by atoms with van der Waals surface area (Å²) in [4.78, 5) is 12.2. The minimum atomic E-state index is -3.43. The highest BCUT2D eigenvalue weighted by Crippen LogP contribution is 2.48. The second-order valence-electron chi connectivity index (χ2n) is 3.84. The van der Waals surface area contributed by atoms with Gasteiger partial charge in [0.2, 0.25) is 11.6 Å². The lowest BCUT2D eigenvalue weighted by Gasteiger charge is -2.28. The Labute approximate surface area is 115 Å². The van der Waals surface area contributed by atoms with Gasteiger partial charge in [-0.25, -0.2) is 0 Å². The minimum Gasteiger partial charge on any atom is -0.344 e. The van der Waals surface area contributed by atoms with E-state index in [-0.39, 0.29) is 19.4 Å². The molecule has 0 heterocycles. The van der Waals surface area contributed by atoms with Crippen LogP contribution in [-0.4, -0.2) is 44.2 Å². The van der Waals surface area contributed by atoms with Crippen LogP contribution in [0.1, 0.15) is 34.6 Å². The highest BCUT2D eigenvalue weighted by Gasteiger charge is 2.40. The van der Waals surface area contributed by atoms with Crippen LogP contribution < -0.4 is 0 Å². The third kappa shape index (κ3) is 6.15. The lowest BCUT2D eigenvalue weighted by Crippen LogP contribution is -2.43. The molecular formula is C12H25O6P. The number of ether oxygens (including phenoxy) is 2. The third-order valence-corrected chi connectivity index (χ3v) is 4.31. The molecule has 7 heteroatoms. The molecule has 19 heavy (non-hydrogen) atoms. The van der Waals surface area contributed by atoms with Gasteiger partial charge in [0.15, 0.2) is 0 Å². The van der Waals surface area contributed by atoms with Crippen molar-refractivity contribution in [1.29, 1.82) is 0 Å². The molecule has 0 aromatic rings. The van der Waals surface area contributed by atoms with Gasteiger partial charge in [-0.15, -0.1) is 0 Å². The minimum absolute atomic E-state index is 0.213. The largest absolute Gasteiger partial charge is 0.344 e. The Hall–Kier alpha value is -0.260. The molecule has 114 valence electrons. The van der Waals surface area contributed by atoms with Gasteiger partial charge in [-0.2, -0.15) is 0 Å². The second kappa shape index (κ2) is 8.82. The van der Waals surface area contributed by atoms with E-state index in [1.807, 2.05) is 0 Å². The second-order valence-corrected chi connectivity index (χ2v) is 5.89. The van der Waals surface area contributed by atoms with Crippen LogP contribution in [-0.2, 0) is 27.9 Å². The van der Waals surface area contributed by atoms with Crippen molar-refractivity contribution in [2.45, 2.75) is 40.4 Å². The number of hydrogen-bond donors (Lipinski definition) is 0. The van der Waals surface area contributed by atoms with Gasteiger partial charge in [0.1, 0.15) is 6.16 Å². The summed E-state index contributed by atoms with van der Waals surface area (Å²) in [5, 5.41) is 0. The summed E-state index contributed by atoms with van der Waals surface area (Å²) in [6.45, 7) is 9.48. The summed E-state index contributed by atoms with van der Waals surface area (Å²) in [5.74, 6) is -1.85. The lowest BCUT2D eigenvalue weighted by molar-refractivity contribution is -0.215. The van der Waals surface area contributed by atoms with Crippen molar-refractivity contribution in [1.82, 2.24) is 0 Å². The Morgan fingerprint density at radius 2 is 1.37 bits per heavy atom. The zero-order valence-electron chi connectivity index (χ0n) is 12.4. The van der Waals surface area contributed by atoms with Gasteiger partial charge in [-0.1, -0.05) is 0 Å². The van der Waals surface area contributed by atoms with E-state index in [1.54, 1.807) is 27.7 Å². The standard InChI is InChI=1S/C12H25O6P/c1-6-15-12(5,16-7-2)11(13)10-19(14,17-8-3)18-9-4/h6-10H2,1-5H3. The first-order valence-electron chi connectivity index (χ1n) is 6.56. The highest BCUT2D eigenvalue weighted by molar-refractivity contribution is 7.54. The first kappa shape index (κ1) is 18.7. The van der Waals surface area contributed by atoms with E-state index < -0.39 is 19.2 Å². The Balaban J connectivity index is 4.90. The normalized spacial score (nSPS) is 12.7. The van der Waals surface area contributed by atoms with Crippen molar-refractivity contribution in [3.63, 3.8) is 0 Å². The van der Waals surface area contributed by atoms with E-state index >= 15 is 0 Å². The number of rotatable bonds is 11. The van der Waals surface area contributed by atoms with E-state index in [9.17, 15) is 9.36 Å². The van der Waals surface area contributed by atoms with Crippen LogP contribution in [0.25, 0.3) is 0 Å². The molecule has 6 nitrogen and oxygen atoms in total. The summed E-state index contributed by atoms with van der Waals surface area (Å²) in [7, 11) is -3.43. The first-order chi connectivity index (χ1) is 8.87. The SMILES string of the molecule is CCOC(C)(OCC)C(=O)CP(=O)(OCC)OCC. The Bertz CT molecular complexity index is 301. The predicted octanol–water partition coefficient (Wildman–Crippen LogP) is 2.61. The van der Waals surface area contributed by atoms with Gasteiger partial charge in [-0.05, 0) is 34.6 Å². The molecule has 0 spiro atoms. The van der Waals surface area contributed by atoms with Crippen LogP contribution in [0.4, 0.5) is 0 Å². The van der Waals surface area contributed by atoms with Gasteiger partial charge in [-0.3, -0.25) is 9.36 Å². The van der Waals surface area contributed by atoms with Crippen molar-refractivity contribution in [3.8, 4) is 0 Å². The van der Waals surface area contributed by atoms with Gasteiger partial charge in [0.25, 0.3) is 0 Å². The van der Waals surface area contributed by atoms with Crippen molar-refractivity contribution >= 4 is 13.4 Å². The Morgan fingerprint density at radius 3 is 1.68 bits per heavy atom. The maximum atomic E-state index is 12.3.